The summed E-state index contributed by atoms with van der Waals surface area (Å²) in [4.78, 5) is 3.80. The Morgan fingerprint density at radius 1 is 1.62 bits per heavy atom. The normalized spacial score (nSPS) is 10.8. The van der Waals surface area contributed by atoms with Crippen molar-refractivity contribution in [2.24, 2.45) is 0 Å². The predicted molar refractivity (Wildman–Crippen MR) is 50.9 cm³/mol. The molecule has 0 bridgehead atoms. The van der Waals surface area contributed by atoms with E-state index in [1.165, 1.54) is 0 Å². The summed E-state index contributed by atoms with van der Waals surface area (Å²) in [6.45, 7) is 0. The van der Waals surface area contributed by atoms with Crippen molar-refractivity contribution in [1.29, 1.82) is 0 Å². The lowest BCUT2D eigenvalue weighted by atomic mass is 10.2. The molecule has 1 aromatic rings. The topological polar surface area (TPSA) is 38.9 Å². The van der Waals surface area contributed by atoms with E-state index in [1.807, 2.05) is 0 Å². The van der Waals surface area contributed by atoms with Crippen LogP contribution in [0.3, 0.4) is 0 Å². The smallest absolute Gasteiger partial charge is 0.265 e. The van der Waals surface area contributed by atoms with E-state index >= 15 is 0 Å². The van der Waals surface area contributed by atoms with Gasteiger partial charge in [0.1, 0.15) is 5.82 Å². The van der Waals surface area contributed by atoms with Crippen molar-refractivity contribution in [3.8, 4) is 0 Å². The molecule has 0 aliphatic rings. The van der Waals surface area contributed by atoms with Gasteiger partial charge in [0.2, 0.25) is 0 Å². The Bertz CT molecular complexity index is 320. The highest BCUT2D eigenvalue weighted by Gasteiger charge is 2.16. The van der Waals surface area contributed by atoms with Crippen LogP contribution >= 0.6 is 27.5 Å². The lowest BCUT2D eigenvalue weighted by molar-refractivity contribution is 0.150. The molecule has 0 atom stereocenters. The first-order valence-corrected chi connectivity index (χ1v) is 4.68. The Hall–Kier alpha value is -0.420. The maximum Gasteiger partial charge on any atom is 0.265 e. The minimum absolute atomic E-state index is 0.0470. The van der Waals surface area contributed by atoms with Crippen molar-refractivity contribution < 1.29 is 8.78 Å². The molecule has 0 saturated heterocycles. The zero-order valence-corrected chi connectivity index (χ0v) is 8.74. The van der Waals surface area contributed by atoms with Crippen LogP contribution in [0, 0.1) is 0 Å². The quantitative estimate of drug-likeness (QED) is 0.840. The molecule has 0 saturated carbocycles. The van der Waals surface area contributed by atoms with Gasteiger partial charge < -0.3 is 5.73 Å². The number of pyridine rings is 1. The van der Waals surface area contributed by atoms with E-state index < -0.39 is 6.43 Å². The largest absolute Gasteiger partial charge is 0.384 e. The summed E-state index contributed by atoms with van der Waals surface area (Å²) < 4.78 is 25.0. The second kappa shape index (κ2) is 4.19. The highest BCUT2D eigenvalue weighted by Crippen LogP contribution is 2.31. The fourth-order valence-electron chi connectivity index (χ4n) is 0.874. The summed E-state index contributed by atoms with van der Waals surface area (Å²) in [6, 6.07) is 1.13. The summed E-state index contributed by atoms with van der Waals surface area (Å²) in [6.07, 6.45) is -2.58. The van der Waals surface area contributed by atoms with Gasteiger partial charge in [-0.2, -0.15) is 0 Å². The molecule has 0 unspecified atom stereocenters. The van der Waals surface area contributed by atoms with Crippen molar-refractivity contribution in [3.63, 3.8) is 0 Å². The number of hydrogen-bond acceptors (Lipinski definition) is 2. The first-order valence-electron chi connectivity index (χ1n) is 3.35. The highest BCUT2D eigenvalue weighted by molar-refractivity contribution is 9.10. The van der Waals surface area contributed by atoms with Gasteiger partial charge in [-0.1, -0.05) is 0 Å². The third kappa shape index (κ3) is 2.28. The van der Waals surface area contributed by atoms with Crippen LogP contribution in [-0.2, 0) is 5.88 Å². The molecule has 0 spiro atoms. The maximum absolute atomic E-state index is 12.4. The van der Waals surface area contributed by atoms with Crippen LogP contribution in [0.5, 0.6) is 0 Å². The van der Waals surface area contributed by atoms with E-state index in [1.54, 1.807) is 0 Å². The molecule has 0 amide bonds. The highest BCUT2D eigenvalue weighted by atomic mass is 79.9. The van der Waals surface area contributed by atoms with Crippen molar-refractivity contribution in [1.82, 2.24) is 4.98 Å². The molecule has 0 aliphatic heterocycles. The number of halogens is 4. The van der Waals surface area contributed by atoms with Gasteiger partial charge in [-0.05, 0) is 22.0 Å². The van der Waals surface area contributed by atoms with Crippen LogP contribution in [0.2, 0.25) is 0 Å². The lowest BCUT2D eigenvalue weighted by Crippen LogP contribution is -2.00. The molecule has 1 rings (SSSR count). The summed E-state index contributed by atoms with van der Waals surface area (Å²) >= 11 is 8.48. The van der Waals surface area contributed by atoms with E-state index in [0.717, 1.165) is 6.07 Å². The van der Waals surface area contributed by atoms with Gasteiger partial charge in [-0.25, -0.2) is 13.8 Å². The molecule has 0 aliphatic carbocycles. The van der Waals surface area contributed by atoms with Crippen LogP contribution in [0.15, 0.2) is 10.5 Å². The van der Waals surface area contributed by atoms with Crippen LogP contribution in [0.25, 0.3) is 0 Å². The van der Waals surface area contributed by atoms with Crippen molar-refractivity contribution in [2.45, 2.75) is 12.3 Å². The molecular formula is C7H6BrClF2N2. The summed E-state index contributed by atoms with van der Waals surface area (Å²) in [5.41, 5.74) is 5.47. The van der Waals surface area contributed by atoms with Gasteiger partial charge in [-0.15, -0.1) is 11.6 Å². The fourth-order valence-corrected chi connectivity index (χ4v) is 1.74. The molecule has 1 aromatic heterocycles. The van der Waals surface area contributed by atoms with E-state index in [0.29, 0.717) is 5.69 Å². The van der Waals surface area contributed by atoms with Gasteiger partial charge in [0.15, 0.2) is 0 Å². The average Bonchev–Trinajstić information content (AvgIpc) is 2.08. The molecule has 0 fully saturated rings. The van der Waals surface area contributed by atoms with Gasteiger partial charge in [0, 0.05) is 10.0 Å². The second-order valence-corrected chi connectivity index (χ2v) is 3.39. The molecule has 6 heteroatoms. The lowest BCUT2D eigenvalue weighted by Gasteiger charge is -2.07. The molecule has 2 N–H and O–H groups in total. The molecule has 2 nitrogen and oxygen atoms in total. The number of alkyl halides is 3. The number of nitrogens with two attached hydrogens (primary N) is 1. The predicted octanol–water partition coefficient (Wildman–Crippen LogP) is 3.10. The minimum atomic E-state index is -2.58. The Labute approximate surface area is 87.2 Å². The number of hydrogen-bond donors (Lipinski definition) is 1. The van der Waals surface area contributed by atoms with Crippen LogP contribution in [0.1, 0.15) is 17.7 Å². The van der Waals surface area contributed by atoms with E-state index in [-0.39, 0.29) is 21.7 Å². The Kier molecular flexibility index (Phi) is 3.44. The standard InChI is InChI=1S/C7H6BrClF2N2/c8-6-3(7(10)11)1-5(12)13-4(6)2-9/h1,7H,2H2,(H2,12,13). The van der Waals surface area contributed by atoms with Crippen LogP contribution in [0.4, 0.5) is 14.6 Å². The minimum Gasteiger partial charge on any atom is -0.384 e. The number of rotatable bonds is 2. The third-order valence-corrected chi connectivity index (χ3v) is 2.60. The Balaban J connectivity index is 3.27. The molecule has 1 heterocycles. The Morgan fingerprint density at radius 2 is 2.23 bits per heavy atom. The van der Waals surface area contributed by atoms with Gasteiger partial charge in [0.05, 0.1) is 11.6 Å². The average molecular weight is 271 g/mol. The summed E-state index contributed by atoms with van der Waals surface area (Å²) in [7, 11) is 0. The molecule has 72 valence electrons. The summed E-state index contributed by atoms with van der Waals surface area (Å²) in [5.74, 6) is 0.0971. The van der Waals surface area contributed by atoms with E-state index in [9.17, 15) is 8.78 Å². The summed E-state index contributed by atoms with van der Waals surface area (Å²) in [5, 5.41) is 0. The monoisotopic (exact) mass is 270 g/mol. The van der Waals surface area contributed by atoms with Gasteiger partial charge >= 0.3 is 0 Å². The zero-order chi connectivity index (χ0) is 10.0. The van der Waals surface area contributed by atoms with Crippen molar-refractivity contribution >= 4 is 33.3 Å². The second-order valence-electron chi connectivity index (χ2n) is 2.33. The van der Waals surface area contributed by atoms with Crippen molar-refractivity contribution in [3.05, 3.63) is 21.8 Å². The molecular weight excluding hydrogens is 265 g/mol. The first kappa shape index (κ1) is 10.7. The molecule has 0 aromatic carbocycles. The third-order valence-electron chi connectivity index (χ3n) is 1.44. The molecule has 13 heavy (non-hydrogen) atoms. The SMILES string of the molecule is Nc1cc(C(F)F)c(Br)c(CCl)n1. The van der Waals surface area contributed by atoms with E-state index in [2.05, 4.69) is 20.9 Å². The van der Waals surface area contributed by atoms with Crippen LogP contribution < -0.4 is 5.73 Å². The maximum atomic E-state index is 12.4. The van der Waals surface area contributed by atoms with Crippen molar-refractivity contribution in [2.75, 3.05) is 5.73 Å². The number of aromatic nitrogens is 1. The fraction of sp³-hybridized carbons (Fsp3) is 0.286. The molecule has 0 radical (unpaired) electrons. The van der Waals surface area contributed by atoms with Gasteiger partial charge in [0.25, 0.3) is 6.43 Å². The zero-order valence-electron chi connectivity index (χ0n) is 6.40. The van der Waals surface area contributed by atoms with Crippen LogP contribution in [-0.4, -0.2) is 4.98 Å². The number of nitrogen functional groups attached to an aromatic ring is 1. The van der Waals surface area contributed by atoms with Gasteiger partial charge in [-0.3, -0.25) is 0 Å². The Morgan fingerprint density at radius 3 is 2.69 bits per heavy atom. The number of nitrogens with zero attached hydrogens (tertiary/aromatic N) is 1. The number of anilines is 1. The first-order chi connectivity index (χ1) is 6.06. The van der Waals surface area contributed by atoms with E-state index in [4.69, 9.17) is 17.3 Å².